The molecule has 1 amide bonds. The van der Waals surface area contributed by atoms with Gasteiger partial charge >= 0.3 is 0 Å². The summed E-state index contributed by atoms with van der Waals surface area (Å²) in [6.45, 7) is 0. The van der Waals surface area contributed by atoms with Crippen molar-refractivity contribution in [3.8, 4) is 23.0 Å². The van der Waals surface area contributed by atoms with E-state index in [4.69, 9.17) is 30.5 Å². The number of benzene rings is 2. The van der Waals surface area contributed by atoms with Crippen LogP contribution in [0.2, 0.25) is 5.02 Å². The number of amides is 1. The van der Waals surface area contributed by atoms with Gasteiger partial charge in [-0.05, 0) is 17.7 Å². The molecule has 8 heteroatoms. The topological polar surface area (TPSA) is 66.0 Å². The SMILES string of the molecule is COc1cc(Cl)c(NC(=O)Cc2cc(OC)c(OC)cc2Br)cc1OC. The van der Waals surface area contributed by atoms with Gasteiger partial charge in [0.05, 0.1) is 45.6 Å². The number of methoxy groups -OCH3 is 4. The second-order valence-electron chi connectivity index (χ2n) is 5.21. The maximum Gasteiger partial charge on any atom is 0.228 e. The number of ether oxygens (including phenoxy) is 4. The first-order chi connectivity index (χ1) is 12.4. The molecule has 0 aliphatic heterocycles. The molecule has 2 aromatic rings. The first-order valence-corrected chi connectivity index (χ1v) is 8.72. The maximum absolute atomic E-state index is 12.5. The molecule has 26 heavy (non-hydrogen) atoms. The zero-order valence-electron chi connectivity index (χ0n) is 14.8. The Hall–Kier alpha value is -2.12. The summed E-state index contributed by atoms with van der Waals surface area (Å²) in [7, 11) is 6.12. The number of halogens is 2. The summed E-state index contributed by atoms with van der Waals surface area (Å²) >= 11 is 9.65. The molecular formula is C18H19BrClNO5. The zero-order valence-corrected chi connectivity index (χ0v) is 17.2. The molecular weight excluding hydrogens is 426 g/mol. The van der Waals surface area contributed by atoms with Gasteiger partial charge < -0.3 is 24.3 Å². The third-order valence-electron chi connectivity index (χ3n) is 3.65. The van der Waals surface area contributed by atoms with Gasteiger partial charge in [-0.15, -0.1) is 0 Å². The van der Waals surface area contributed by atoms with Crippen LogP contribution in [0.4, 0.5) is 5.69 Å². The molecule has 0 aliphatic rings. The first kappa shape index (κ1) is 20.2. The highest BCUT2D eigenvalue weighted by Crippen LogP contribution is 2.37. The monoisotopic (exact) mass is 443 g/mol. The predicted molar refractivity (Wildman–Crippen MR) is 104 cm³/mol. The molecule has 0 aromatic heterocycles. The second kappa shape index (κ2) is 9.00. The molecule has 0 radical (unpaired) electrons. The Morgan fingerprint density at radius 3 is 2.00 bits per heavy atom. The Morgan fingerprint density at radius 1 is 0.923 bits per heavy atom. The standard InChI is InChI=1S/C18H19BrClNO5/c1-23-14-5-10(11(19)7-15(14)24-2)6-18(22)21-13-9-17(26-4)16(25-3)8-12(13)20/h5,7-9H,6H2,1-4H3,(H,21,22). The number of hydrogen-bond donors (Lipinski definition) is 1. The first-order valence-electron chi connectivity index (χ1n) is 7.55. The fraction of sp³-hybridized carbons (Fsp3) is 0.278. The van der Waals surface area contributed by atoms with Gasteiger partial charge in [0, 0.05) is 16.6 Å². The van der Waals surface area contributed by atoms with E-state index in [1.165, 1.54) is 14.2 Å². The van der Waals surface area contributed by atoms with E-state index in [0.29, 0.717) is 33.7 Å². The van der Waals surface area contributed by atoms with E-state index in [1.807, 2.05) is 0 Å². The average Bonchev–Trinajstić information content (AvgIpc) is 2.64. The summed E-state index contributed by atoms with van der Waals surface area (Å²) in [6.07, 6.45) is 0.117. The summed E-state index contributed by atoms with van der Waals surface area (Å²) < 4.78 is 21.7. The summed E-state index contributed by atoms with van der Waals surface area (Å²) in [5, 5.41) is 3.13. The lowest BCUT2D eigenvalue weighted by molar-refractivity contribution is -0.115. The van der Waals surface area contributed by atoms with Crippen LogP contribution in [0, 0.1) is 0 Å². The molecule has 0 fully saturated rings. The van der Waals surface area contributed by atoms with Crippen LogP contribution in [-0.2, 0) is 11.2 Å². The average molecular weight is 445 g/mol. The highest BCUT2D eigenvalue weighted by Gasteiger charge is 2.15. The Balaban J connectivity index is 2.22. The van der Waals surface area contributed by atoms with E-state index in [-0.39, 0.29) is 12.3 Å². The molecule has 0 saturated carbocycles. The molecule has 140 valence electrons. The minimum Gasteiger partial charge on any atom is -0.493 e. The molecule has 2 rings (SSSR count). The van der Waals surface area contributed by atoms with Crippen LogP contribution in [0.25, 0.3) is 0 Å². The van der Waals surface area contributed by atoms with Gasteiger partial charge in [0.25, 0.3) is 0 Å². The molecule has 0 spiro atoms. The van der Waals surface area contributed by atoms with Crippen LogP contribution in [0.1, 0.15) is 5.56 Å². The smallest absolute Gasteiger partial charge is 0.228 e. The number of carbonyl (C=O) groups is 1. The molecule has 0 bridgehead atoms. The molecule has 0 unspecified atom stereocenters. The number of carbonyl (C=O) groups excluding carboxylic acids is 1. The van der Waals surface area contributed by atoms with Crippen molar-refractivity contribution in [2.45, 2.75) is 6.42 Å². The van der Waals surface area contributed by atoms with Crippen molar-refractivity contribution in [3.05, 3.63) is 39.3 Å². The van der Waals surface area contributed by atoms with Gasteiger partial charge in [-0.1, -0.05) is 27.5 Å². The van der Waals surface area contributed by atoms with E-state index >= 15 is 0 Å². The van der Waals surface area contributed by atoms with Crippen molar-refractivity contribution in [1.29, 1.82) is 0 Å². The molecule has 0 aliphatic carbocycles. The lowest BCUT2D eigenvalue weighted by atomic mass is 10.1. The van der Waals surface area contributed by atoms with Crippen LogP contribution in [0.15, 0.2) is 28.7 Å². The molecule has 0 heterocycles. The number of hydrogen-bond acceptors (Lipinski definition) is 5. The van der Waals surface area contributed by atoms with E-state index < -0.39 is 0 Å². The van der Waals surface area contributed by atoms with Crippen LogP contribution < -0.4 is 24.3 Å². The summed E-state index contributed by atoms with van der Waals surface area (Å²) in [6, 6.07) is 6.70. The second-order valence-corrected chi connectivity index (χ2v) is 6.47. The Kier molecular flexibility index (Phi) is 6.99. The highest BCUT2D eigenvalue weighted by atomic mass is 79.9. The van der Waals surface area contributed by atoms with Crippen molar-refractivity contribution in [2.24, 2.45) is 0 Å². The molecule has 0 atom stereocenters. The van der Waals surface area contributed by atoms with Gasteiger partial charge in [-0.3, -0.25) is 4.79 Å². The highest BCUT2D eigenvalue weighted by molar-refractivity contribution is 9.10. The lowest BCUT2D eigenvalue weighted by Crippen LogP contribution is -2.15. The van der Waals surface area contributed by atoms with Crippen LogP contribution >= 0.6 is 27.5 Å². The van der Waals surface area contributed by atoms with Gasteiger partial charge in [0.15, 0.2) is 23.0 Å². The number of rotatable bonds is 7. The van der Waals surface area contributed by atoms with Gasteiger partial charge in [0.2, 0.25) is 5.91 Å². The third kappa shape index (κ3) is 4.53. The van der Waals surface area contributed by atoms with Crippen molar-refractivity contribution < 1.29 is 23.7 Å². The Bertz CT molecular complexity index is 747. The van der Waals surface area contributed by atoms with E-state index in [0.717, 1.165) is 10.0 Å². The van der Waals surface area contributed by atoms with Crippen LogP contribution in [0.3, 0.4) is 0 Å². The number of nitrogens with one attached hydrogen (secondary N) is 1. The largest absolute Gasteiger partial charge is 0.493 e. The lowest BCUT2D eigenvalue weighted by Gasteiger charge is -2.14. The van der Waals surface area contributed by atoms with Crippen molar-refractivity contribution in [2.75, 3.05) is 33.8 Å². The summed E-state index contributed by atoms with van der Waals surface area (Å²) in [5.41, 5.74) is 1.18. The van der Waals surface area contributed by atoms with Gasteiger partial charge in [0.1, 0.15) is 0 Å². The normalized spacial score (nSPS) is 10.2. The molecule has 2 aromatic carbocycles. The molecule has 1 N–H and O–H groups in total. The maximum atomic E-state index is 12.5. The Labute approximate surface area is 165 Å². The van der Waals surface area contributed by atoms with Gasteiger partial charge in [-0.25, -0.2) is 0 Å². The molecule has 0 saturated heterocycles. The fourth-order valence-corrected chi connectivity index (χ4v) is 3.01. The van der Waals surface area contributed by atoms with Crippen molar-refractivity contribution >= 4 is 39.1 Å². The van der Waals surface area contributed by atoms with Crippen LogP contribution in [-0.4, -0.2) is 34.3 Å². The molecule has 6 nitrogen and oxygen atoms in total. The van der Waals surface area contributed by atoms with Crippen molar-refractivity contribution in [1.82, 2.24) is 0 Å². The Morgan fingerprint density at radius 2 is 1.42 bits per heavy atom. The minimum atomic E-state index is -0.243. The quantitative estimate of drug-likeness (QED) is 0.689. The van der Waals surface area contributed by atoms with Crippen molar-refractivity contribution in [3.63, 3.8) is 0 Å². The predicted octanol–water partition coefficient (Wildman–Crippen LogP) is 4.32. The third-order valence-corrected chi connectivity index (χ3v) is 4.70. The fourth-order valence-electron chi connectivity index (χ4n) is 2.35. The van der Waals surface area contributed by atoms with Gasteiger partial charge in [-0.2, -0.15) is 0 Å². The van der Waals surface area contributed by atoms with E-state index in [9.17, 15) is 4.79 Å². The number of anilines is 1. The minimum absolute atomic E-state index is 0.117. The summed E-state index contributed by atoms with van der Waals surface area (Å²) in [4.78, 5) is 12.5. The van der Waals surface area contributed by atoms with Crippen LogP contribution in [0.5, 0.6) is 23.0 Å². The van der Waals surface area contributed by atoms with E-state index in [1.54, 1.807) is 38.5 Å². The van der Waals surface area contributed by atoms with E-state index in [2.05, 4.69) is 21.2 Å². The summed E-state index contributed by atoms with van der Waals surface area (Å²) in [5.74, 6) is 1.83. The zero-order chi connectivity index (χ0) is 19.3.